The van der Waals surface area contributed by atoms with Crippen LogP contribution in [-0.4, -0.2) is 11.0 Å². The van der Waals surface area contributed by atoms with Crippen molar-refractivity contribution in [3.8, 4) is 0 Å². The number of benzene rings is 1. The van der Waals surface area contributed by atoms with E-state index in [1.165, 1.54) is 6.26 Å². The zero-order valence-electron chi connectivity index (χ0n) is 7.99. The summed E-state index contributed by atoms with van der Waals surface area (Å²) in [6.45, 7) is 1.64. The van der Waals surface area contributed by atoms with Crippen LogP contribution in [-0.2, 0) is 0 Å². The molecule has 0 amide bonds. The van der Waals surface area contributed by atoms with E-state index in [4.69, 9.17) is 21.2 Å². The van der Waals surface area contributed by atoms with E-state index in [9.17, 15) is 0 Å². The summed E-state index contributed by atoms with van der Waals surface area (Å²) in [5.41, 5.74) is 1.34. The first-order valence-electron chi connectivity index (χ1n) is 4.34. The van der Waals surface area contributed by atoms with Gasteiger partial charge in [0.15, 0.2) is 5.58 Å². The van der Waals surface area contributed by atoms with Crippen molar-refractivity contribution in [1.29, 1.82) is 0 Å². The summed E-state index contributed by atoms with van der Waals surface area (Å²) in [7, 11) is 0. The molecule has 78 valence electrons. The minimum atomic E-state index is 0.387. The van der Waals surface area contributed by atoms with Gasteiger partial charge in [-0.2, -0.15) is 0 Å². The number of para-hydroxylation sites is 1. The fourth-order valence-corrected chi connectivity index (χ4v) is 1.56. The fourth-order valence-electron chi connectivity index (χ4n) is 1.34. The summed E-state index contributed by atoms with van der Waals surface area (Å²) in [5.74, 6) is 0.387. The largest absolute Gasteiger partial charge is 0.461 e. The van der Waals surface area contributed by atoms with E-state index in [0.717, 1.165) is 11.1 Å². The lowest BCUT2D eigenvalue weighted by Crippen LogP contribution is -2.05. The number of hydrogen-bond donors (Lipinski definition) is 2. The molecule has 0 saturated heterocycles. The molecule has 0 aliphatic heterocycles. The van der Waals surface area contributed by atoms with Crippen LogP contribution in [0.2, 0.25) is 5.02 Å². The van der Waals surface area contributed by atoms with Crippen molar-refractivity contribution < 1.29 is 9.62 Å². The number of rotatable bonds is 1. The van der Waals surface area contributed by atoms with Crippen LogP contribution in [0.4, 0.5) is 5.69 Å². The molecule has 1 aromatic carbocycles. The molecular weight excluding hydrogens is 216 g/mol. The first-order chi connectivity index (χ1) is 7.22. The topological polar surface area (TPSA) is 57.8 Å². The minimum absolute atomic E-state index is 0.387. The molecule has 0 aliphatic rings. The Kier molecular flexibility index (Phi) is 2.51. The van der Waals surface area contributed by atoms with Gasteiger partial charge in [0.25, 0.3) is 0 Å². The zero-order valence-corrected chi connectivity index (χ0v) is 8.75. The van der Waals surface area contributed by atoms with Gasteiger partial charge in [0.05, 0.1) is 10.7 Å². The molecule has 0 aliphatic carbocycles. The average Bonchev–Trinajstić information content (AvgIpc) is 2.63. The highest BCUT2D eigenvalue weighted by molar-refractivity contribution is 6.35. The summed E-state index contributed by atoms with van der Waals surface area (Å²) >= 11 is 5.94. The number of halogens is 1. The van der Waals surface area contributed by atoms with Gasteiger partial charge in [-0.05, 0) is 19.1 Å². The lowest BCUT2D eigenvalue weighted by atomic mass is 10.2. The minimum Gasteiger partial charge on any atom is -0.461 e. The van der Waals surface area contributed by atoms with E-state index < -0.39 is 0 Å². The number of nitrogens with zero attached hydrogens (tertiary/aromatic N) is 1. The Balaban J connectivity index is 2.50. The maximum atomic E-state index is 8.53. The fraction of sp³-hybridized carbons (Fsp3) is 0.100. The molecule has 4 nitrogen and oxygen atoms in total. The third-order valence-corrected chi connectivity index (χ3v) is 2.31. The van der Waals surface area contributed by atoms with Crippen molar-refractivity contribution in [3.05, 3.63) is 29.5 Å². The van der Waals surface area contributed by atoms with Crippen LogP contribution in [0.15, 0.2) is 34.0 Å². The Bertz CT molecular complexity index is 519. The van der Waals surface area contributed by atoms with E-state index in [1.54, 1.807) is 13.0 Å². The molecule has 0 saturated carbocycles. The molecule has 0 bridgehead atoms. The van der Waals surface area contributed by atoms with Crippen molar-refractivity contribution in [1.82, 2.24) is 0 Å². The van der Waals surface area contributed by atoms with Crippen LogP contribution >= 0.6 is 11.6 Å². The number of furan rings is 1. The SMILES string of the molecule is CC(=NO)Nc1coc2c(Cl)cccc12. The Hall–Kier alpha value is -1.68. The molecule has 15 heavy (non-hydrogen) atoms. The summed E-state index contributed by atoms with van der Waals surface area (Å²) in [6, 6.07) is 5.46. The summed E-state index contributed by atoms with van der Waals surface area (Å²) in [5, 5.41) is 15.8. The average molecular weight is 225 g/mol. The van der Waals surface area contributed by atoms with Gasteiger partial charge in [0, 0.05) is 5.39 Å². The van der Waals surface area contributed by atoms with Crippen LogP contribution in [0.1, 0.15) is 6.92 Å². The smallest absolute Gasteiger partial charge is 0.154 e. The number of hydrogen-bond acceptors (Lipinski definition) is 3. The second-order valence-electron chi connectivity index (χ2n) is 3.08. The van der Waals surface area contributed by atoms with E-state index in [0.29, 0.717) is 16.4 Å². The van der Waals surface area contributed by atoms with Crippen molar-refractivity contribution >= 4 is 34.1 Å². The molecule has 1 heterocycles. The van der Waals surface area contributed by atoms with Gasteiger partial charge >= 0.3 is 0 Å². The number of nitrogens with one attached hydrogen (secondary N) is 1. The van der Waals surface area contributed by atoms with Crippen molar-refractivity contribution in [2.45, 2.75) is 6.92 Å². The van der Waals surface area contributed by atoms with Gasteiger partial charge in [-0.25, -0.2) is 0 Å². The van der Waals surface area contributed by atoms with Gasteiger partial charge in [0.1, 0.15) is 12.1 Å². The van der Waals surface area contributed by atoms with Crippen molar-refractivity contribution in [3.63, 3.8) is 0 Å². The van der Waals surface area contributed by atoms with Gasteiger partial charge in [-0.1, -0.05) is 22.8 Å². The summed E-state index contributed by atoms with van der Waals surface area (Å²) in [6.07, 6.45) is 1.53. The molecular formula is C10H9ClN2O2. The van der Waals surface area contributed by atoms with E-state index in [2.05, 4.69) is 10.5 Å². The number of anilines is 1. The third-order valence-electron chi connectivity index (χ3n) is 2.02. The number of oxime groups is 1. The maximum absolute atomic E-state index is 8.53. The lowest BCUT2D eigenvalue weighted by Gasteiger charge is -2.00. The molecule has 2 rings (SSSR count). The van der Waals surface area contributed by atoms with Gasteiger partial charge in [-0.3, -0.25) is 0 Å². The molecule has 5 heteroatoms. The third kappa shape index (κ3) is 1.76. The molecule has 0 unspecified atom stereocenters. The van der Waals surface area contributed by atoms with Crippen LogP contribution in [0.3, 0.4) is 0 Å². The van der Waals surface area contributed by atoms with E-state index in [-0.39, 0.29) is 0 Å². The predicted octanol–water partition coefficient (Wildman–Crippen LogP) is 3.31. The molecule has 0 fully saturated rings. The second kappa shape index (κ2) is 3.82. The predicted molar refractivity (Wildman–Crippen MR) is 59.7 cm³/mol. The van der Waals surface area contributed by atoms with Crippen LogP contribution in [0.25, 0.3) is 11.0 Å². The monoisotopic (exact) mass is 224 g/mol. The van der Waals surface area contributed by atoms with E-state index in [1.807, 2.05) is 12.1 Å². The van der Waals surface area contributed by atoms with Crippen LogP contribution < -0.4 is 5.32 Å². The van der Waals surface area contributed by atoms with Crippen molar-refractivity contribution in [2.24, 2.45) is 5.16 Å². The molecule has 2 aromatic rings. The summed E-state index contributed by atoms with van der Waals surface area (Å²) in [4.78, 5) is 0. The van der Waals surface area contributed by atoms with Gasteiger partial charge in [0.2, 0.25) is 0 Å². The molecule has 0 radical (unpaired) electrons. The van der Waals surface area contributed by atoms with E-state index >= 15 is 0 Å². The Morgan fingerprint density at radius 1 is 1.53 bits per heavy atom. The van der Waals surface area contributed by atoms with Crippen LogP contribution in [0, 0.1) is 0 Å². The number of fused-ring (bicyclic) bond motifs is 1. The molecule has 0 atom stereocenters. The first kappa shape index (κ1) is 9.86. The second-order valence-corrected chi connectivity index (χ2v) is 3.48. The Labute approximate surface area is 91.1 Å². The Morgan fingerprint density at radius 3 is 3.07 bits per heavy atom. The lowest BCUT2D eigenvalue weighted by molar-refractivity contribution is 0.318. The van der Waals surface area contributed by atoms with Gasteiger partial charge in [-0.15, -0.1) is 0 Å². The highest BCUT2D eigenvalue weighted by atomic mass is 35.5. The van der Waals surface area contributed by atoms with Crippen molar-refractivity contribution in [2.75, 3.05) is 5.32 Å². The molecule has 2 N–H and O–H groups in total. The molecule has 1 aromatic heterocycles. The van der Waals surface area contributed by atoms with Gasteiger partial charge < -0.3 is 14.9 Å². The Morgan fingerprint density at radius 2 is 2.33 bits per heavy atom. The van der Waals surface area contributed by atoms with Crippen LogP contribution in [0.5, 0.6) is 0 Å². The maximum Gasteiger partial charge on any atom is 0.154 e. The highest BCUT2D eigenvalue weighted by Crippen LogP contribution is 2.30. The zero-order chi connectivity index (χ0) is 10.8. The molecule has 0 spiro atoms. The highest BCUT2D eigenvalue weighted by Gasteiger charge is 2.08. The first-order valence-corrected chi connectivity index (χ1v) is 4.71. The summed E-state index contributed by atoms with van der Waals surface area (Å²) < 4.78 is 5.29. The normalized spacial score (nSPS) is 12.0. The number of amidine groups is 1. The quantitative estimate of drug-likeness (QED) is 0.338. The standard InChI is InChI=1S/C10H9ClN2O2/c1-6(13-14)12-9-5-15-10-7(9)3-2-4-8(10)11/h2-5,14H,1H3,(H,12,13).